The third-order valence-corrected chi connectivity index (χ3v) is 2.24. The highest BCUT2D eigenvalue weighted by Crippen LogP contribution is 2.15. The van der Waals surface area contributed by atoms with Crippen LogP contribution >= 0.6 is 0 Å². The van der Waals surface area contributed by atoms with Crippen molar-refractivity contribution in [3.05, 3.63) is 29.6 Å². The Kier molecular flexibility index (Phi) is 2.51. The highest BCUT2D eigenvalue weighted by Gasteiger charge is 2.13. The van der Waals surface area contributed by atoms with E-state index in [4.69, 9.17) is 0 Å². The minimum atomic E-state index is -0.592. The molecule has 1 unspecified atom stereocenters. The molecular weight excluding hydrogens is 194 g/mol. The second-order valence-electron chi connectivity index (χ2n) is 3.45. The molecule has 0 spiro atoms. The third-order valence-electron chi connectivity index (χ3n) is 2.24. The molecule has 0 aliphatic heterocycles. The standard InChI is InChI=1S/C9H13N5O/c1-6-12-9(14(2)13-6)3-8(15)7-4-10-11-5-7/h4-5,8,15H,3H2,1-2H3,(H,10,11). The summed E-state index contributed by atoms with van der Waals surface area (Å²) < 4.78 is 1.68. The Labute approximate surface area is 87.0 Å². The van der Waals surface area contributed by atoms with E-state index >= 15 is 0 Å². The van der Waals surface area contributed by atoms with E-state index in [1.807, 2.05) is 14.0 Å². The van der Waals surface area contributed by atoms with Crippen molar-refractivity contribution in [1.29, 1.82) is 0 Å². The average Bonchev–Trinajstić information content (AvgIpc) is 2.76. The van der Waals surface area contributed by atoms with Crippen molar-refractivity contribution in [1.82, 2.24) is 25.0 Å². The van der Waals surface area contributed by atoms with Gasteiger partial charge in [0.05, 0.1) is 12.3 Å². The Morgan fingerprint density at radius 1 is 1.60 bits per heavy atom. The van der Waals surface area contributed by atoms with E-state index in [0.29, 0.717) is 12.2 Å². The Hall–Kier alpha value is -1.69. The van der Waals surface area contributed by atoms with Crippen molar-refractivity contribution in [2.75, 3.05) is 0 Å². The van der Waals surface area contributed by atoms with E-state index in [0.717, 1.165) is 11.4 Å². The van der Waals surface area contributed by atoms with Crippen LogP contribution in [0, 0.1) is 6.92 Å². The first-order valence-electron chi connectivity index (χ1n) is 4.70. The first-order valence-corrected chi connectivity index (χ1v) is 4.70. The minimum Gasteiger partial charge on any atom is -0.388 e. The second-order valence-corrected chi connectivity index (χ2v) is 3.45. The van der Waals surface area contributed by atoms with Crippen LogP contribution in [-0.4, -0.2) is 30.1 Å². The molecule has 0 radical (unpaired) electrons. The van der Waals surface area contributed by atoms with Gasteiger partial charge < -0.3 is 5.11 Å². The van der Waals surface area contributed by atoms with E-state index in [2.05, 4.69) is 20.3 Å². The predicted molar refractivity (Wildman–Crippen MR) is 53.0 cm³/mol. The molecule has 0 amide bonds. The lowest BCUT2D eigenvalue weighted by atomic mass is 10.1. The molecule has 2 aromatic heterocycles. The maximum absolute atomic E-state index is 9.86. The predicted octanol–water partition coefficient (Wildman–Crippen LogP) is 0.123. The van der Waals surface area contributed by atoms with Gasteiger partial charge in [-0.1, -0.05) is 0 Å². The number of H-pyrrole nitrogens is 1. The Balaban J connectivity index is 2.12. The molecule has 2 heterocycles. The third kappa shape index (κ3) is 2.04. The molecule has 2 aromatic rings. The number of aliphatic hydroxyl groups excluding tert-OH is 1. The van der Waals surface area contributed by atoms with Gasteiger partial charge >= 0.3 is 0 Å². The van der Waals surface area contributed by atoms with Gasteiger partial charge in [0.15, 0.2) is 0 Å². The quantitative estimate of drug-likeness (QED) is 0.749. The fourth-order valence-electron chi connectivity index (χ4n) is 1.47. The monoisotopic (exact) mass is 207 g/mol. The first-order chi connectivity index (χ1) is 7.16. The van der Waals surface area contributed by atoms with E-state index in [-0.39, 0.29) is 0 Å². The first kappa shape index (κ1) is 9.85. The van der Waals surface area contributed by atoms with E-state index in [1.54, 1.807) is 17.1 Å². The van der Waals surface area contributed by atoms with Crippen molar-refractivity contribution in [3.63, 3.8) is 0 Å². The van der Waals surface area contributed by atoms with E-state index in [9.17, 15) is 5.11 Å². The number of aromatic nitrogens is 5. The van der Waals surface area contributed by atoms with Crippen LogP contribution in [0.5, 0.6) is 0 Å². The lowest BCUT2D eigenvalue weighted by molar-refractivity contribution is 0.174. The van der Waals surface area contributed by atoms with Gasteiger partial charge in [-0.25, -0.2) is 4.98 Å². The second kappa shape index (κ2) is 3.82. The molecule has 0 saturated heterocycles. The van der Waals surface area contributed by atoms with Crippen LogP contribution in [0.15, 0.2) is 12.4 Å². The molecule has 6 heteroatoms. The summed E-state index contributed by atoms with van der Waals surface area (Å²) in [7, 11) is 1.82. The van der Waals surface area contributed by atoms with Crippen LogP contribution < -0.4 is 0 Å². The molecule has 0 bridgehead atoms. The smallest absolute Gasteiger partial charge is 0.147 e. The van der Waals surface area contributed by atoms with Gasteiger partial charge in [-0.3, -0.25) is 9.78 Å². The van der Waals surface area contributed by atoms with E-state index in [1.165, 1.54) is 0 Å². The van der Waals surface area contributed by atoms with Gasteiger partial charge in [-0.05, 0) is 6.92 Å². The van der Waals surface area contributed by atoms with Gasteiger partial charge in [0.25, 0.3) is 0 Å². The summed E-state index contributed by atoms with van der Waals surface area (Å²) in [5.41, 5.74) is 0.760. The van der Waals surface area contributed by atoms with Gasteiger partial charge in [0, 0.05) is 25.2 Å². The van der Waals surface area contributed by atoms with Crippen molar-refractivity contribution < 1.29 is 5.11 Å². The lowest BCUT2D eigenvalue weighted by Gasteiger charge is -2.06. The largest absolute Gasteiger partial charge is 0.388 e. The van der Waals surface area contributed by atoms with Crippen molar-refractivity contribution in [3.8, 4) is 0 Å². The van der Waals surface area contributed by atoms with Crippen LogP contribution in [0.3, 0.4) is 0 Å². The summed E-state index contributed by atoms with van der Waals surface area (Å²) in [4.78, 5) is 4.22. The average molecular weight is 207 g/mol. The number of nitrogens with zero attached hydrogens (tertiary/aromatic N) is 4. The van der Waals surface area contributed by atoms with Crippen LogP contribution in [-0.2, 0) is 13.5 Å². The molecule has 2 N–H and O–H groups in total. The van der Waals surface area contributed by atoms with Gasteiger partial charge in [0.2, 0.25) is 0 Å². The number of nitrogens with one attached hydrogen (secondary N) is 1. The number of aromatic amines is 1. The number of hydrogen-bond donors (Lipinski definition) is 2. The van der Waals surface area contributed by atoms with Crippen molar-refractivity contribution >= 4 is 0 Å². The fourth-order valence-corrected chi connectivity index (χ4v) is 1.47. The Morgan fingerprint density at radius 3 is 2.93 bits per heavy atom. The number of aliphatic hydroxyl groups is 1. The molecule has 15 heavy (non-hydrogen) atoms. The van der Waals surface area contributed by atoms with Crippen LogP contribution in [0.2, 0.25) is 0 Å². The molecule has 0 aliphatic carbocycles. The summed E-state index contributed by atoms with van der Waals surface area (Å²) in [5.74, 6) is 1.48. The Bertz CT molecular complexity index is 433. The molecule has 1 atom stereocenters. The molecule has 0 aliphatic rings. The highest BCUT2D eigenvalue weighted by molar-refractivity contribution is 5.09. The summed E-state index contributed by atoms with van der Waals surface area (Å²) in [6.07, 6.45) is 3.13. The molecule has 0 fully saturated rings. The van der Waals surface area contributed by atoms with Gasteiger partial charge in [-0.2, -0.15) is 10.2 Å². The maximum atomic E-state index is 9.86. The highest BCUT2D eigenvalue weighted by atomic mass is 16.3. The summed E-state index contributed by atoms with van der Waals surface area (Å²) >= 11 is 0. The number of aryl methyl sites for hydroxylation is 2. The molecule has 0 saturated carbocycles. The maximum Gasteiger partial charge on any atom is 0.147 e. The molecule has 0 aromatic carbocycles. The van der Waals surface area contributed by atoms with E-state index < -0.39 is 6.10 Å². The zero-order valence-electron chi connectivity index (χ0n) is 8.68. The zero-order valence-corrected chi connectivity index (χ0v) is 8.68. The molecule has 6 nitrogen and oxygen atoms in total. The summed E-state index contributed by atoms with van der Waals surface area (Å²) in [5, 5.41) is 20.4. The van der Waals surface area contributed by atoms with Gasteiger partial charge in [-0.15, -0.1) is 0 Å². The SMILES string of the molecule is Cc1nc(CC(O)c2cn[nH]c2)n(C)n1. The topological polar surface area (TPSA) is 79.6 Å². The number of hydrogen-bond acceptors (Lipinski definition) is 4. The molecule has 2 rings (SSSR count). The summed E-state index contributed by atoms with van der Waals surface area (Å²) in [6.45, 7) is 1.83. The van der Waals surface area contributed by atoms with Gasteiger partial charge in [0.1, 0.15) is 11.6 Å². The van der Waals surface area contributed by atoms with Crippen LogP contribution in [0.25, 0.3) is 0 Å². The fraction of sp³-hybridized carbons (Fsp3) is 0.444. The zero-order chi connectivity index (χ0) is 10.8. The minimum absolute atomic E-state index is 0.441. The van der Waals surface area contributed by atoms with Crippen molar-refractivity contribution in [2.24, 2.45) is 7.05 Å². The summed E-state index contributed by atoms with van der Waals surface area (Å²) in [6, 6.07) is 0. The van der Waals surface area contributed by atoms with Crippen LogP contribution in [0.1, 0.15) is 23.3 Å². The number of rotatable bonds is 3. The Morgan fingerprint density at radius 2 is 2.40 bits per heavy atom. The molecular formula is C9H13N5O. The molecule has 80 valence electrons. The van der Waals surface area contributed by atoms with Crippen LogP contribution in [0.4, 0.5) is 0 Å². The van der Waals surface area contributed by atoms with Crippen molar-refractivity contribution in [2.45, 2.75) is 19.4 Å². The lowest BCUT2D eigenvalue weighted by Crippen LogP contribution is -2.06. The normalized spacial score (nSPS) is 13.0.